The van der Waals surface area contributed by atoms with Gasteiger partial charge in [-0.2, -0.15) is 11.3 Å². The third kappa shape index (κ3) is 4.90. The standard InChI is InChI=1S/C16H28N2S/c1-3-17-16-8-6-4-5-7-15(16)12-18(2)11-14-9-10-19-13-14/h9-10,13,15-17H,3-8,11-12H2,1-2H3. The van der Waals surface area contributed by atoms with Crippen LogP contribution in [0, 0.1) is 5.92 Å². The third-order valence-electron chi connectivity index (χ3n) is 4.20. The van der Waals surface area contributed by atoms with Crippen molar-refractivity contribution < 1.29 is 0 Å². The second-order valence-corrected chi connectivity index (χ2v) is 6.67. The maximum absolute atomic E-state index is 3.71. The van der Waals surface area contributed by atoms with Gasteiger partial charge in [-0.05, 0) is 54.7 Å². The summed E-state index contributed by atoms with van der Waals surface area (Å²) in [6, 6.07) is 2.98. The first-order chi connectivity index (χ1) is 9.29. The molecule has 19 heavy (non-hydrogen) atoms. The fourth-order valence-electron chi connectivity index (χ4n) is 3.29. The molecule has 1 heterocycles. The van der Waals surface area contributed by atoms with Crippen LogP contribution in [0.2, 0.25) is 0 Å². The predicted molar refractivity (Wildman–Crippen MR) is 84.7 cm³/mol. The monoisotopic (exact) mass is 280 g/mol. The predicted octanol–water partition coefficient (Wildman–Crippen LogP) is 3.74. The molecule has 2 unspecified atom stereocenters. The van der Waals surface area contributed by atoms with Gasteiger partial charge in [0.15, 0.2) is 0 Å². The quantitative estimate of drug-likeness (QED) is 0.799. The van der Waals surface area contributed by atoms with E-state index in [2.05, 4.69) is 41.0 Å². The summed E-state index contributed by atoms with van der Waals surface area (Å²) >= 11 is 1.80. The second-order valence-electron chi connectivity index (χ2n) is 5.89. The molecule has 0 amide bonds. The van der Waals surface area contributed by atoms with Crippen molar-refractivity contribution in [2.24, 2.45) is 5.92 Å². The van der Waals surface area contributed by atoms with Crippen molar-refractivity contribution >= 4 is 11.3 Å². The van der Waals surface area contributed by atoms with Crippen LogP contribution in [0.1, 0.15) is 44.6 Å². The van der Waals surface area contributed by atoms with E-state index in [9.17, 15) is 0 Å². The highest BCUT2D eigenvalue weighted by Crippen LogP contribution is 2.24. The van der Waals surface area contributed by atoms with E-state index >= 15 is 0 Å². The lowest BCUT2D eigenvalue weighted by Crippen LogP contribution is -2.40. The van der Waals surface area contributed by atoms with Gasteiger partial charge in [0.25, 0.3) is 0 Å². The maximum atomic E-state index is 3.71. The Kier molecular flexibility index (Phi) is 6.35. The van der Waals surface area contributed by atoms with E-state index in [0.29, 0.717) is 0 Å². The first kappa shape index (κ1) is 15.0. The normalized spacial score (nSPS) is 24.6. The van der Waals surface area contributed by atoms with Crippen LogP contribution in [0.25, 0.3) is 0 Å². The first-order valence-electron chi connectivity index (χ1n) is 7.72. The molecule has 1 fully saturated rings. The Morgan fingerprint density at radius 3 is 2.89 bits per heavy atom. The zero-order valence-corrected chi connectivity index (χ0v) is 13.2. The van der Waals surface area contributed by atoms with Crippen molar-refractivity contribution in [1.82, 2.24) is 10.2 Å². The topological polar surface area (TPSA) is 15.3 Å². The van der Waals surface area contributed by atoms with Gasteiger partial charge < -0.3 is 10.2 Å². The van der Waals surface area contributed by atoms with Crippen molar-refractivity contribution in [3.05, 3.63) is 22.4 Å². The van der Waals surface area contributed by atoms with Crippen molar-refractivity contribution in [2.45, 2.75) is 51.6 Å². The smallest absolute Gasteiger partial charge is 0.0239 e. The average molecular weight is 280 g/mol. The van der Waals surface area contributed by atoms with Gasteiger partial charge in [0, 0.05) is 19.1 Å². The molecule has 1 aromatic rings. The molecule has 3 heteroatoms. The van der Waals surface area contributed by atoms with Crippen molar-refractivity contribution in [3.8, 4) is 0 Å². The van der Waals surface area contributed by atoms with Crippen molar-refractivity contribution in [2.75, 3.05) is 20.1 Å². The molecule has 2 nitrogen and oxygen atoms in total. The minimum absolute atomic E-state index is 0.734. The van der Waals surface area contributed by atoms with Gasteiger partial charge in [-0.15, -0.1) is 0 Å². The molecule has 0 saturated heterocycles. The summed E-state index contributed by atoms with van der Waals surface area (Å²) in [5, 5.41) is 8.16. The van der Waals surface area contributed by atoms with Crippen LogP contribution in [0.3, 0.4) is 0 Å². The molecular formula is C16H28N2S. The zero-order chi connectivity index (χ0) is 13.5. The molecule has 2 atom stereocenters. The molecule has 1 N–H and O–H groups in total. The minimum Gasteiger partial charge on any atom is -0.314 e. The molecule has 2 rings (SSSR count). The molecule has 0 aromatic carbocycles. The van der Waals surface area contributed by atoms with Gasteiger partial charge in [0.05, 0.1) is 0 Å². The maximum Gasteiger partial charge on any atom is 0.0239 e. The Labute approximate surface area is 122 Å². The Morgan fingerprint density at radius 2 is 2.16 bits per heavy atom. The lowest BCUT2D eigenvalue weighted by molar-refractivity contribution is 0.220. The largest absolute Gasteiger partial charge is 0.314 e. The van der Waals surface area contributed by atoms with Gasteiger partial charge in [-0.3, -0.25) is 0 Å². The summed E-state index contributed by atoms with van der Waals surface area (Å²) in [7, 11) is 2.27. The Hall–Kier alpha value is -0.380. The molecule has 1 aliphatic rings. The molecule has 0 bridgehead atoms. The number of thiophene rings is 1. The number of nitrogens with one attached hydrogen (secondary N) is 1. The number of hydrogen-bond acceptors (Lipinski definition) is 3. The molecule has 108 valence electrons. The minimum atomic E-state index is 0.734. The van der Waals surface area contributed by atoms with Gasteiger partial charge in [-0.25, -0.2) is 0 Å². The summed E-state index contributed by atoms with van der Waals surface area (Å²) in [5.41, 5.74) is 1.46. The van der Waals surface area contributed by atoms with Crippen molar-refractivity contribution in [3.63, 3.8) is 0 Å². The lowest BCUT2D eigenvalue weighted by atomic mass is 9.94. The highest BCUT2D eigenvalue weighted by molar-refractivity contribution is 7.07. The van der Waals surface area contributed by atoms with Gasteiger partial charge in [0.1, 0.15) is 0 Å². The molecule has 0 radical (unpaired) electrons. The third-order valence-corrected chi connectivity index (χ3v) is 4.94. The van der Waals surface area contributed by atoms with Crippen LogP contribution in [-0.2, 0) is 6.54 Å². The highest BCUT2D eigenvalue weighted by Gasteiger charge is 2.23. The van der Waals surface area contributed by atoms with Gasteiger partial charge in [-0.1, -0.05) is 26.2 Å². The van der Waals surface area contributed by atoms with E-state index in [0.717, 1.165) is 25.0 Å². The fourth-order valence-corrected chi connectivity index (χ4v) is 3.95. The molecule has 0 spiro atoms. The number of rotatable bonds is 6. The molecule has 0 aliphatic heterocycles. The SMILES string of the molecule is CCNC1CCCCCC1CN(C)Cc1ccsc1. The fraction of sp³-hybridized carbons (Fsp3) is 0.750. The summed E-state index contributed by atoms with van der Waals surface area (Å²) in [6.07, 6.45) is 7.00. The lowest BCUT2D eigenvalue weighted by Gasteiger charge is -2.30. The van der Waals surface area contributed by atoms with E-state index in [1.165, 1.54) is 44.2 Å². The molecule has 1 aromatic heterocycles. The Balaban J connectivity index is 1.86. The first-order valence-corrected chi connectivity index (χ1v) is 8.67. The molecule has 1 saturated carbocycles. The summed E-state index contributed by atoms with van der Waals surface area (Å²) in [5.74, 6) is 0.825. The summed E-state index contributed by atoms with van der Waals surface area (Å²) < 4.78 is 0. The van der Waals surface area contributed by atoms with Crippen LogP contribution in [0.5, 0.6) is 0 Å². The van der Waals surface area contributed by atoms with E-state index in [-0.39, 0.29) is 0 Å². The Bertz CT molecular complexity index is 337. The summed E-state index contributed by atoms with van der Waals surface area (Å²) in [6.45, 7) is 5.67. The van der Waals surface area contributed by atoms with Crippen LogP contribution >= 0.6 is 11.3 Å². The zero-order valence-electron chi connectivity index (χ0n) is 12.4. The molecular weight excluding hydrogens is 252 g/mol. The van der Waals surface area contributed by atoms with Crippen LogP contribution < -0.4 is 5.32 Å². The number of nitrogens with zero attached hydrogens (tertiary/aromatic N) is 1. The van der Waals surface area contributed by atoms with Crippen LogP contribution in [0.15, 0.2) is 16.8 Å². The van der Waals surface area contributed by atoms with Crippen molar-refractivity contribution in [1.29, 1.82) is 0 Å². The van der Waals surface area contributed by atoms with E-state index < -0.39 is 0 Å². The van der Waals surface area contributed by atoms with E-state index in [4.69, 9.17) is 0 Å². The molecule has 1 aliphatic carbocycles. The van der Waals surface area contributed by atoms with Gasteiger partial charge in [0.2, 0.25) is 0 Å². The van der Waals surface area contributed by atoms with Crippen LogP contribution in [0.4, 0.5) is 0 Å². The number of hydrogen-bond donors (Lipinski definition) is 1. The highest BCUT2D eigenvalue weighted by atomic mass is 32.1. The van der Waals surface area contributed by atoms with Gasteiger partial charge >= 0.3 is 0 Å². The van der Waals surface area contributed by atoms with E-state index in [1.54, 1.807) is 11.3 Å². The Morgan fingerprint density at radius 1 is 1.32 bits per heavy atom. The van der Waals surface area contributed by atoms with E-state index in [1.807, 2.05) is 0 Å². The van der Waals surface area contributed by atoms with Crippen LogP contribution in [-0.4, -0.2) is 31.1 Å². The second kappa shape index (κ2) is 8.03. The summed E-state index contributed by atoms with van der Waals surface area (Å²) in [4.78, 5) is 2.50. The average Bonchev–Trinajstić information content (AvgIpc) is 2.79.